The van der Waals surface area contributed by atoms with Crippen LogP contribution in [-0.2, 0) is 32.7 Å². The van der Waals surface area contributed by atoms with Crippen molar-refractivity contribution in [1.82, 2.24) is 0 Å². The number of hydrogen-bond acceptors (Lipinski definition) is 12. The number of aliphatic hydroxyl groups excluding tert-OH is 5. The summed E-state index contributed by atoms with van der Waals surface area (Å²) < 4.78 is 33.6. The Morgan fingerprint density at radius 2 is 0.831 bits per heavy atom. The molecule has 0 spiro atoms. The normalized spacial score (nSPS) is 21.9. The van der Waals surface area contributed by atoms with Crippen LogP contribution in [0.15, 0.2) is 60.8 Å². The lowest BCUT2D eigenvalue weighted by Crippen LogP contribution is -2.64. The molecule has 0 amide bonds. The number of aliphatic hydroxyl groups is 5. The highest BCUT2D eigenvalue weighted by molar-refractivity contribution is 7.47. The number of ether oxygens (including phenoxy) is 2. The van der Waals surface area contributed by atoms with E-state index >= 15 is 0 Å². The second kappa shape index (κ2) is 40.6. The van der Waals surface area contributed by atoms with Crippen LogP contribution in [0.2, 0.25) is 0 Å². The van der Waals surface area contributed by atoms with Gasteiger partial charge < -0.3 is 39.9 Å². The Morgan fingerprint density at radius 1 is 0.477 bits per heavy atom. The summed E-state index contributed by atoms with van der Waals surface area (Å²) >= 11 is 0. The molecule has 0 saturated heterocycles. The van der Waals surface area contributed by atoms with Crippen LogP contribution in [0.25, 0.3) is 0 Å². The molecule has 13 nitrogen and oxygen atoms in total. The van der Waals surface area contributed by atoms with Gasteiger partial charge in [-0.25, -0.2) is 4.57 Å². The number of allylic oxidation sites excluding steroid dienone is 10. The number of unbranched alkanes of at least 4 members (excludes halogenated alkanes) is 19. The average Bonchev–Trinajstić information content (AvgIpc) is 3.29. The summed E-state index contributed by atoms with van der Waals surface area (Å²) in [6.45, 7) is 3.25. The summed E-state index contributed by atoms with van der Waals surface area (Å²) in [4.78, 5) is 35.8. The number of phosphoric acid groups is 1. The van der Waals surface area contributed by atoms with Gasteiger partial charge in [-0.15, -0.1) is 0 Å². The molecule has 0 aliphatic heterocycles. The Labute approximate surface area is 392 Å². The summed E-state index contributed by atoms with van der Waals surface area (Å²) in [7, 11) is -5.13. The molecule has 1 saturated carbocycles. The Hall–Kier alpha value is -2.45. The number of rotatable bonds is 41. The second-order valence-electron chi connectivity index (χ2n) is 17.3. The molecular formula is C51H89O13P. The van der Waals surface area contributed by atoms with E-state index in [9.17, 15) is 44.6 Å². The van der Waals surface area contributed by atoms with E-state index < -0.39 is 75.7 Å². The van der Waals surface area contributed by atoms with Crippen molar-refractivity contribution in [1.29, 1.82) is 0 Å². The Bertz CT molecular complexity index is 1370. The van der Waals surface area contributed by atoms with E-state index in [1.807, 2.05) is 0 Å². The maximum absolute atomic E-state index is 12.8. The molecule has 0 aromatic heterocycles. The Balaban J connectivity index is 2.45. The van der Waals surface area contributed by atoms with Crippen molar-refractivity contribution < 1.29 is 63.1 Å². The zero-order chi connectivity index (χ0) is 47.8. The topological polar surface area (TPSA) is 210 Å². The first-order chi connectivity index (χ1) is 31.4. The van der Waals surface area contributed by atoms with Gasteiger partial charge >= 0.3 is 19.8 Å². The van der Waals surface area contributed by atoms with E-state index in [1.165, 1.54) is 70.6 Å². The number of phosphoric ester groups is 1. The SMILES string of the molecule is CCCCC/C=C/C/C=C/C/C=C/C/C=C/CCCCCC(=O)OC[C@@H](COP(=O)(O)OC1C(O)C(O)C(O)[C@H](O)C1O)OC(=O)CCCCCCCCC/C=C/CCCCCCCC. The van der Waals surface area contributed by atoms with Crippen LogP contribution in [0.1, 0.15) is 194 Å². The van der Waals surface area contributed by atoms with E-state index in [-0.39, 0.29) is 12.8 Å². The van der Waals surface area contributed by atoms with E-state index in [0.29, 0.717) is 12.8 Å². The van der Waals surface area contributed by atoms with Crippen LogP contribution < -0.4 is 0 Å². The summed E-state index contributed by atoms with van der Waals surface area (Å²) in [5.74, 6) is -1.14. The third-order valence-corrected chi connectivity index (χ3v) is 12.3. The van der Waals surface area contributed by atoms with E-state index in [1.54, 1.807) is 0 Å². The molecule has 6 N–H and O–H groups in total. The molecule has 6 unspecified atom stereocenters. The quantitative estimate of drug-likeness (QED) is 0.0146. The fraction of sp³-hybridized carbons (Fsp3) is 0.765. The van der Waals surface area contributed by atoms with Crippen molar-refractivity contribution >= 4 is 19.8 Å². The third kappa shape index (κ3) is 32.8. The lowest BCUT2D eigenvalue weighted by atomic mass is 9.85. The van der Waals surface area contributed by atoms with Crippen LogP contribution in [0.4, 0.5) is 0 Å². The molecule has 0 radical (unpaired) electrons. The van der Waals surface area contributed by atoms with E-state index in [4.69, 9.17) is 18.5 Å². The average molecular weight is 941 g/mol. The molecule has 65 heavy (non-hydrogen) atoms. The number of carbonyl (C=O) groups is 2. The van der Waals surface area contributed by atoms with Gasteiger partial charge in [0.1, 0.15) is 43.2 Å². The fourth-order valence-electron chi connectivity index (χ4n) is 7.26. The summed E-state index contributed by atoms with van der Waals surface area (Å²) in [6.07, 6.45) is 36.9. The fourth-order valence-corrected chi connectivity index (χ4v) is 8.24. The van der Waals surface area contributed by atoms with Crippen molar-refractivity contribution in [2.75, 3.05) is 13.2 Å². The van der Waals surface area contributed by atoms with Crippen LogP contribution in [0.3, 0.4) is 0 Å². The molecule has 1 aliphatic carbocycles. The first kappa shape index (κ1) is 60.6. The summed E-state index contributed by atoms with van der Waals surface area (Å²) in [6, 6.07) is 0. The van der Waals surface area contributed by atoms with Gasteiger partial charge in [-0.05, 0) is 83.5 Å². The molecule has 1 fully saturated rings. The molecule has 14 heteroatoms. The molecule has 0 bridgehead atoms. The molecule has 1 rings (SSSR count). The second-order valence-corrected chi connectivity index (χ2v) is 18.7. The van der Waals surface area contributed by atoms with Crippen molar-refractivity contribution in [3.05, 3.63) is 60.8 Å². The first-order valence-corrected chi connectivity index (χ1v) is 26.6. The van der Waals surface area contributed by atoms with Crippen molar-refractivity contribution in [3.8, 4) is 0 Å². The monoisotopic (exact) mass is 941 g/mol. The van der Waals surface area contributed by atoms with Crippen LogP contribution >= 0.6 is 7.82 Å². The van der Waals surface area contributed by atoms with Gasteiger partial charge in [0, 0.05) is 12.8 Å². The maximum atomic E-state index is 12.8. The third-order valence-electron chi connectivity index (χ3n) is 11.3. The lowest BCUT2D eigenvalue weighted by Gasteiger charge is -2.41. The predicted octanol–water partition coefficient (Wildman–Crippen LogP) is 10.5. The van der Waals surface area contributed by atoms with Gasteiger partial charge in [-0.1, -0.05) is 158 Å². The van der Waals surface area contributed by atoms with E-state index in [2.05, 4.69) is 74.6 Å². The molecule has 0 heterocycles. The van der Waals surface area contributed by atoms with Gasteiger partial charge in [0.15, 0.2) is 6.10 Å². The molecule has 0 aromatic rings. The molecule has 376 valence electrons. The van der Waals surface area contributed by atoms with Crippen LogP contribution in [0, 0.1) is 0 Å². The minimum Gasteiger partial charge on any atom is -0.462 e. The summed E-state index contributed by atoms with van der Waals surface area (Å²) in [5, 5.41) is 50.2. The van der Waals surface area contributed by atoms with E-state index in [0.717, 1.165) is 83.5 Å². The van der Waals surface area contributed by atoms with Crippen LogP contribution in [-0.4, -0.2) is 98.3 Å². The highest BCUT2D eigenvalue weighted by atomic mass is 31.2. The zero-order valence-corrected chi connectivity index (χ0v) is 40.9. The van der Waals surface area contributed by atoms with Gasteiger partial charge in [0.25, 0.3) is 0 Å². The first-order valence-electron chi connectivity index (χ1n) is 25.1. The largest absolute Gasteiger partial charge is 0.472 e. The Morgan fingerprint density at radius 3 is 1.32 bits per heavy atom. The van der Waals surface area contributed by atoms with Crippen LogP contribution in [0.5, 0.6) is 0 Å². The van der Waals surface area contributed by atoms with Crippen molar-refractivity contribution in [3.63, 3.8) is 0 Å². The maximum Gasteiger partial charge on any atom is 0.472 e. The summed E-state index contributed by atoms with van der Waals surface area (Å²) in [5.41, 5.74) is 0. The van der Waals surface area contributed by atoms with Gasteiger partial charge in [-0.3, -0.25) is 18.6 Å². The minimum atomic E-state index is -5.13. The van der Waals surface area contributed by atoms with Gasteiger partial charge in [0.05, 0.1) is 6.61 Å². The molecular weight excluding hydrogens is 852 g/mol. The predicted molar refractivity (Wildman–Crippen MR) is 258 cm³/mol. The zero-order valence-electron chi connectivity index (χ0n) is 40.0. The molecule has 8 atom stereocenters. The standard InChI is InChI=1S/C51H89O13P/c1-3-5-7-9-11-13-15-17-19-21-22-24-25-27-29-31-33-35-37-39-44(52)61-41-43(42-62-65(59,60)64-51-49(57)47(55)46(54)48(56)50(51)58)63-45(53)40-38-36-34-32-30-28-26-23-20-18-16-14-12-10-8-6-4-2/h11,13,17-20,22,24,27,29,43,46-51,54-58H,3-10,12,14-16,21,23,25-26,28,30-42H2,1-2H3,(H,59,60)/b13-11+,19-17+,20-18+,24-22+,29-27+/t43-,46?,47-,48?,49?,50?,51?/m0/s1. The van der Waals surface area contributed by atoms with Crippen molar-refractivity contribution in [2.24, 2.45) is 0 Å². The number of carbonyl (C=O) groups excluding carboxylic acids is 2. The number of hydrogen-bond donors (Lipinski definition) is 6. The Kier molecular flexibility index (Phi) is 37.8. The minimum absolute atomic E-state index is 0.0825. The lowest BCUT2D eigenvalue weighted by molar-refractivity contribution is -0.220. The molecule has 0 aromatic carbocycles. The highest BCUT2D eigenvalue weighted by Gasteiger charge is 2.51. The smallest absolute Gasteiger partial charge is 0.462 e. The number of esters is 2. The highest BCUT2D eigenvalue weighted by Crippen LogP contribution is 2.47. The van der Waals surface area contributed by atoms with Gasteiger partial charge in [0.2, 0.25) is 0 Å². The molecule has 1 aliphatic rings. The van der Waals surface area contributed by atoms with Crippen molar-refractivity contribution in [2.45, 2.75) is 236 Å². The van der Waals surface area contributed by atoms with Gasteiger partial charge in [-0.2, -0.15) is 0 Å².